The molecule has 1 atom stereocenters. The lowest BCUT2D eigenvalue weighted by Gasteiger charge is -2.32. The maximum Gasteiger partial charge on any atom is 0.252 e. The predicted octanol–water partition coefficient (Wildman–Crippen LogP) is 4.19. The van der Waals surface area contributed by atoms with E-state index >= 15 is 0 Å². The summed E-state index contributed by atoms with van der Waals surface area (Å²) in [6.07, 6.45) is 8.86. The summed E-state index contributed by atoms with van der Waals surface area (Å²) >= 11 is 1.27. The quantitative estimate of drug-likeness (QED) is 0.432. The molecule has 1 aromatic heterocycles. The van der Waals surface area contributed by atoms with Crippen molar-refractivity contribution >= 4 is 27.3 Å². The van der Waals surface area contributed by atoms with Crippen molar-refractivity contribution in [2.75, 3.05) is 20.2 Å². The summed E-state index contributed by atoms with van der Waals surface area (Å²) in [5, 5.41) is 3.60. The predicted molar refractivity (Wildman–Crippen MR) is 152 cm³/mol. The van der Waals surface area contributed by atoms with Crippen molar-refractivity contribution in [3.05, 3.63) is 76.2 Å². The average Bonchev–Trinajstić information content (AvgIpc) is 3.37. The lowest BCUT2D eigenvalue weighted by molar-refractivity contribution is -0.115. The number of sulfonamides is 1. The summed E-state index contributed by atoms with van der Waals surface area (Å²) in [4.78, 5) is 12.6. The second-order valence-corrected chi connectivity index (χ2v) is 14.1. The zero-order valence-corrected chi connectivity index (χ0v) is 24.1. The summed E-state index contributed by atoms with van der Waals surface area (Å²) in [7, 11) is -1.96. The Morgan fingerprint density at radius 2 is 1.84 bits per heavy atom. The van der Waals surface area contributed by atoms with Crippen LogP contribution in [0.3, 0.4) is 0 Å². The summed E-state index contributed by atoms with van der Waals surface area (Å²) in [5.74, 6) is 0.175. The number of hydrogen-bond donors (Lipinski definition) is 2. The van der Waals surface area contributed by atoms with Gasteiger partial charge in [-0.15, -0.1) is 11.3 Å². The number of methoxy groups -OCH3 is 1. The number of carbonyl (C=O) groups is 1. The van der Waals surface area contributed by atoms with E-state index in [4.69, 9.17) is 10.5 Å². The molecule has 1 aliphatic heterocycles. The van der Waals surface area contributed by atoms with E-state index in [1.54, 1.807) is 29.6 Å². The van der Waals surface area contributed by atoms with Crippen molar-refractivity contribution in [1.29, 1.82) is 0 Å². The third-order valence-corrected chi connectivity index (χ3v) is 10.8. The van der Waals surface area contributed by atoms with Crippen LogP contribution in [0.15, 0.2) is 64.4 Å². The highest BCUT2D eigenvalue weighted by atomic mass is 32.2. The van der Waals surface area contributed by atoms with E-state index in [2.05, 4.69) is 43.4 Å². The molecule has 7 nitrogen and oxygen atoms in total. The molecule has 4 rings (SSSR count). The number of amides is 1. The normalized spacial score (nSPS) is 21.1. The van der Waals surface area contributed by atoms with E-state index in [0.717, 1.165) is 30.7 Å². The third-order valence-electron chi connectivity index (χ3n) is 7.33. The topological polar surface area (TPSA) is 102 Å². The van der Waals surface area contributed by atoms with Gasteiger partial charge in [-0.1, -0.05) is 56.3 Å². The van der Waals surface area contributed by atoms with Crippen LogP contribution in [0.25, 0.3) is 0 Å². The molecule has 0 saturated carbocycles. The first kappa shape index (κ1) is 28.7. The number of hydrogen-bond acceptors (Lipinski definition) is 6. The lowest BCUT2D eigenvalue weighted by atomic mass is 9.86. The van der Waals surface area contributed by atoms with Crippen LogP contribution in [0.2, 0.25) is 0 Å². The number of nitrogens with zero attached hydrogens (tertiary/aromatic N) is 1. The molecule has 206 valence electrons. The van der Waals surface area contributed by atoms with E-state index < -0.39 is 21.5 Å². The minimum absolute atomic E-state index is 0.294. The van der Waals surface area contributed by atoms with E-state index in [9.17, 15) is 13.2 Å². The average molecular weight is 558 g/mol. The van der Waals surface area contributed by atoms with Crippen LogP contribution < -0.4 is 11.1 Å². The summed E-state index contributed by atoms with van der Waals surface area (Å²) in [6, 6.07) is 12.6. The molecule has 1 amide bonds. The van der Waals surface area contributed by atoms with Crippen molar-refractivity contribution in [2.24, 2.45) is 11.7 Å². The van der Waals surface area contributed by atoms with E-state index in [-0.39, 0.29) is 0 Å². The van der Waals surface area contributed by atoms with Gasteiger partial charge in [0.1, 0.15) is 4.21 Å². The van der Waals surface area contributed by atoms with Gasteiger partial charge in [0.25, 0.3) is 10.0 Å². The van der Waals surface area contributed by atoms with Crippen molar-refractivity contribution in [3.63, 3.8) is 0 Å². The van der Waals surface area contributed by atoms with Gasteiger partial charge in [-0.2, -0.15) is 4.31 Å². The number of benzene rings is 1. The zero-order valence-electron chi connectivity index (χ0n) is 22.5. The van der Waals surface area contributed by atoms with Gasteiger partial charge in [-0.25, -0.2) is 8.42 Å². The minimum atomic E-state index is -3.56. The molecular weight excluding hydrogens is 518 g/mol. The lowest BCUT2D eigenvalue weighted by Crippen LogP contribution is -2.44. The molecule has 1 aromatic carbocycles. The molecule has 2 aromatic rings. The fourth-order valence-corrected chi connectivity index (χ4v) is 8.22. The Morgan fingerprint density at radius 3 is 2.47 bits per heavy atom. The maximum atomic E-state index is 13.4. The fourth-order valence-electron chi connectivity index (χ4n) is 5.12. The molecular formula is C29H39N3O4S2. The van der Waals surface area contributed by atoms with Crippen molar-refractivity contribution in [1.82, 2.24) is 9.62 Å². The van der Waals surface area contributed by atoms with Gasteiger partial charge >= 0.3 is 0 Å². The molecule has 3 N–H and O–H groups in total. The highest BCUT2D eigenvalue weighted by molar-refractivity contribution is 7.91. The molecule has 0 spiro atoms. The minimum Gasteiger partial charge on any atom is -0.373 e. The number of ether oxygens (including phenoxy) is 1. The molecule has 0 radical (unpaired) electrons. The van der Waals surface area contributed by atoms with E-state index in [1.165, 1.54) is 22.5 Å². The Hall–Kier alpha value is -2.30. The number of rotatable bonds is 11. The highest BCUT2D eigenvalue weighted by Gasteiger charge is 2.34. The van der Waals surface area contributed by atoms with Gasteiger partial charge in [0.05, 0.1) is 5.60 Å². The van der Waals surface area contributed by atoms with Crippen LogP contribution in [0.5, 0.6) is 0 Å². The second-order valence-electron chi connectivity index (χ2n) is 10.7. The summed E-state index contributed by atoms with van der Waals surface area (Å²) in [6.45, 7) is 6.24. The summed E-state index contributed by atoms with van der Waals surface area (Å²) < 4.78 is 34.5. The molecule has 1 aliphatic carbocycles. The first-order chi connectivity index (χ1) is 18.1. The number of allylic oxidation sites excluding steroid dienone is 2. The zero-order chi connectivity index (χ0) is 27.3. The number of primary amides is 1. The van der Waals surface area contributed by atoms with Gasteiger partial charge in [-0.05, 0) is 48.4 Å². The van der Waals surface area contributed by atoms with Crippen LogP contribution in [0, 0.1) is 5.92 Å². The molecule has 2 heterocycles. The molecule has 9 heteroatoms. The molecule has 2 aliphatic rings. The van der Waals surface area contributed by atoms with Crippen molar-refractivity contribution in [2.45, 2.75) is 68.3 Å². The Kier molecular flexibility index (Phi) is 9.26. The van der Waals surface area contributed by atoms with Gasteiger partial charge < -0.3 is 15.8 Å². The fraction of sp³-hybridized carbons (Fsp3) is 0.483. The second kappa shape index (κ2) is 12.3. The van der Waals surface area contributed by atoms with Gasteiger partial charge in [-0.3, -0.25) is 4.79 Å². The SMILES string of the molecule is COC1(Cc2ccc(S(=O)(=O)N3CCC(NCc4ccc(CC(C)C)cc4)CC3)s2)C=CC=C(C(N)=O)C1. The first-order valence-electron chi connectivity index (χ1n) is 13.2. The van der Waals surface area contributed by atoms with Crippen LogP contribution in [-0.4, -0.2) is 50.5 Å². The molecule has 1 fully saturated rings. The molecule has 1 saturated heterocycles. The molecule has 38 heavy (non-hydrogen) atoms. The van der Waals surface area contributed by atoms with Crippen LogP contribution in [0.1, 0.15) is 49.1 Å². The third kappa shape index (κ3) is 7.01. The van der Waals surface area contributed by atoms with Crippen LogP contribution in [0.4, 0.5) is 0 Å². The van der Waals surface area contributed by atoms with Crippen LogP contribution >= 0.6 is 11.3 Å². The Labute approximate surface area is 230 Å². The van der Waals surface area contributed by atoms with Crippen LogP contribution in [-0.2, 0) is 38.9 Å². The Balaban J connectivity index is 1.31. The van der Waals surface area contributed by atoms with Gasteiger partial charge in [0.15, 0.2) is 0 Å². The number of nitrogens with one attached hydrogen (secondary N) is 1. The van der Waals surface area contributed by atoms with E-state index in [0.29, 0.717) is 47.7 Å². The van der Waals surface area contributed by atoms with Gasteiger partial charge in [0, 0.05) is 56.1 Å². The largest absolute Gasteiger partial charge is 0.373 e. The Morgan fingerprint density at radius 1 is 1.16 bits per heavy atom. The smallest absolute Gasteiger partial charge is 0.252 e. The van der Waals surface area contributed by atoms with Crippen molar-refractivity contribution in [3.8, 4) is 0 Å². The van der Waals surface area contributed by atoms with Crippen molar-refractivity contribution < 1.29 is 17.9 Å². The monoisotopic (exact) mass is 557 g/mol. The molecule has 1 unspecified atom stereocenters. The number of carbonyl (C=O) groups excluding carboxylic acids is 1. The first-order valence-corrected chi connectivity index (χ1v) is 15.5. The standard InChI is InChI=1S/C29H39N3O4S2/c1-21(2)17-22-6-8-23(9-7-22)20-31-25-12-15-32(16-13-25)38(34,35)27-11-10-26(37-27)19-29(36-3)14-4-5-24(18-29)28(30)33/h4-11,14,21,25,31H,12-13,15-20H2,1-3H3,(H2,30,33). The number of piperidine rings is 1. The van der Waals surface area contributed by atoms with Gasteiger partial charge in [0.2, 0.25) is 5.91 Å². The number of thiophene rings is 1. The Bertz CT molecular complexity index is 1270. The maximum absolute atomic E-state index is 13.4. The molecule has 0 bridgehead atoms. The summed E-state index contributed by atoms with van der Waals surface area (Å²) in [5.41, 5.74) is 7.86. The van der Waals surface area contributed by atoms with E-state index in [1.807, 2.05) is 12.1 Å². The highest BCUT2D eigenvalue weighted by Crippen LogP contribution is 2.34. The number of nitrogens with two attached hydrogens (primary N) is 1.